The second kappa shape index (κ2) is 8.52. The number of carbonyl (C=O) groups excluding carboxylic acids is 2. The van der Waals surface area contributed by atoms with E-state index in [0.717, 1.165) is 5.56 Å². The number of ether oxygens (including phenoxy) is 1. The lowest BCUT2D eigenvalue weighted by Crippen LogP contribution is -2.47. The molecule has 0 fully saturated rings. The minimum atomic E-state index is -0.351. The molecule has 2 rings (SSSR count). The van der Waals surface area contributed by atoms with E-state index < -0.39 is 0 Å². The van der Waals surface area contributed by atoms with Crippen molar-refractivity contribution in [3.05, 3.63) is 65.7 Å². The number of nitrogens with one attached hydrogen (secondary N) is 1. The molecule has 5 heteroatoms. The fourth-order valence-corrected chi connectivity index (χ4v) is 2.60. The SMILES string of the molecule is CNC(=O)c1ccccc1OCC(=O)N(Cc1ccccc1)C(C)(C)C. The van der Waals surface area contributed by atoms with Gasteiger partial charge in [-0.05, 0) is 38.5 Å². The molecule has 26 heavy (non-hydrogen) atoms. The Bertz CT molecular complexity index is 751. The highest BCUT2D eigenvalue weighted by Gasteiger charge is 2.27. The normalized spacial score (nSPS) is 10.9. The number of benzene rings is 2. The monoisotopic (exact) mass is 354 g/mol. The molecule has 0 aromatic heterocycles. The first kappa shape index (κ1) is 19.5. The molecule has 0 bridgehead atoms. The lowest BCUT2D eigenvalue weighted by molar-refractivity contribution is -0.139. The maximum absolute atomic E-state index is 12.8. The first-order valence-electron chi connectivity index (χ1n) is 8.61. The molecule has 2 aromatic carbocycles. The average Bonchev–Trinajstić information content (AvgIpc) is 2.63. The first-order chi connectivity index (χ1) is 12.3. The minimum absolute atomic E-state index is 0.127. The van der Waals surface area contributed by atoms with Gasteiger partial charge < -0.3 is 15.0 Å². The highest BCUT2D eigenvalue weighted by atomic mass is 16.5. The highest BCUT2D eigenvalue weighted by Crippen LogP contribution is 2.20. The summed E-state index contributed by atoms with van der Waals surface area (Å²) in [5, 5.41) is 2.57. The van der Waals surface area contributed by atoms with E-state index in [9.17, 15) is 9.59 Å². The van der Waals surface area contributed by atoms with Gasteiger partial charge in [0.1, 0.15) is 5.75 Å². The summed E-state index contributed by atoms with van der Waals surface area (Å²) in [6.45, 7) is 6.35. The third kappa shape index (κ3) is 5.09. The van der Waals surface area contributed by atoms with Crippen LogP contribution in [0.15, 0.2) is 54.6 Å². The van der Waals surface area contributed by atoms with Crippen molar-refractivity contribution in [3.63, 3.8) is 0 Å². The predicted molar refractivity (Wildman–Crippen MR) is 102 cm³/mol. The van der Waals surface area contributed by atoms with Crippen LogP contribution in [0.5, 0.6) is 5.75 Å². The van der Waals surface area contributed by atoms with Crippen molar-refractivity contribution in [1.29, 1.82) is 0 Å². The van der Waals surface area contributed by atoms with Crippen LogP contribution in [0, 0.1) is 0 Å². The number of amides is 2. The van der Waals surface area contributed by atoms with Crippen LogP contribution < -0.4 is 10.1 Å². The van der Waals surface area contributed by atoms with Crippen molar-refractivity contribution in [2.24, 2.45) is 0 Å². The van der Waals surface area contributed by atoms with E-state index in [1.807, 2.05) is 51.1 Å². The van der Waals surface area contributed by atoms with Gasteiger partial charge in [-0.3, -0.25) is 9.59 Å². The van der Waals surface area contributed by atoms with Crippen molar-refractivity contribution in [3.8, 4) is 5.75 Å². The quantitative estimate of drug-likeness (QED) is 0.866. The van der Waals surface area contributed by atoms with Gasteiger partial charge in [0.2, 0.25) is 0 Å². The van der Waals surface area contributed by atoms with Crippen LogP contribution in [0.25, 0.3) is 0 Å². The zero-order valence-corrected chi connectivity index (χ0v) is 15.8. The zero-order valence-electron chi connectivity index (χ0n) is 15.8. The number of carbonyl (C=O) groups is 2. The van der Waals surface area contributed by atoms with E-state index in [0.29, 0.717) is 17.9 Å². The van der Waals surface area contributed by atoms with Gasteiger partial charge in [-0.1, -0.05) is 42.5 Å². The van der Waals surface area contributed by atoms with Crippen molar-refractivity contribution < 1.29 is 14.3 Å². The van der Waals surface area contributed by atoms with Gasteiger partial charge in [0.05, 0.1) is 5.56 Å². The molecule has 138 valence electrons. The molecule has 0 heterocycles. The second-order valence-electron chi connectivity index (χ2n) is 7.00. The number of hydrogen-bond donors (Lipinski definition) is 1. The average molecular weight is 354 g/mol. The Morgan fingerprint density at radius 2 is 1.62 bits per heavy atom. The Balaban J connectivity index is 2.12. The summed E-state index contributed by atoms with van der Waals surface area (Å²) in [6, 6.07) is 16.7. The maximum atomic E-state index is 12.8. The molecule has 0 aliphatic rings. The molecular formula is C21H26N2O3. The lowest BCUT2D eigenvalue weighted by Gasteiger charge is -2.36. The summed E-state index contributed by atoms with van der Waals surface area (Å²) in [7, 11) is 1.56. The van der Waals surface area contributed by atoms with Crippen LogP contribution in [0.3, 0.4) is 0 Å². The molecule has 0 spiro atoms. The Hall–Kier alpha value is -2.82. The largest absolute Gasteiger partial charge is 0.483 e. The maximum Gasteiger partial charge on any atom is 0.261 e. The molecule has 0 saturated carbocycles. The first-order valence-corrected chi connectivity index (χ1v) is 8.61. The van der Waals surface area contributed by atoms with E-state index in [4.69, 9.17) is 4.74 Å². The predicted octanol–water partition coefficient (Wildman–Crippen LogP) is 3.25. The van der Waals surface area contributed by atoms with E-state index in [-0.39, 0.29) is 24.0 Å². The molecular weight excluding hydrogens is 328 g/mol. The Morgan fingerprint density at radius 1 is 1.00 bits per heavy atom. The number of rotatable bonds is 6. The molecule has 0 radical (unpaired) electrons. The highest BCUT2D eigenvalue weighted by molar-refractivity contribution is 5.96. The summed E-state index contributed by atoms with van der Waals surface area (Å²) in [6.07, 6.45) is 0. The Labute approximate surface area is 155 Å². The van der Waals surface area contributed by atoms with Crippen LogP contribution in [0.1, 0.15) is 36.7 Å². The van der Waals surface area contributed by atoms with E-state index in [1.165, 1.54) is 0 Å². The van der Waals surface area contributed by atoms with Gasteiger partial charge in [-0.25, -0.2) is 0 Å². The molecule has 1 N–H and O–H groups in total. The summed E-state index contributed by atoms with van der Waals surface area (Å²) in [5.41, 5.74) is 1.12. The van der Waals surface area contributed by atoms with Crippen LogP contribution in [-0.4, -0.2) is 35.9 Å². The van der Waals surface area contributed by atoms with Gasteiger partial charge in [-0.2, -0.15) is 0 Å². The van der Waals surface area contributed by atoms with Crippen LogP contribution in [-0.2, 0) is 11.3 Å². The topological polar surface area (TPSA) is 58.6 Å². The minimum Gasteiger partial charge on any atom is -0.483 e. The van der Waals surface area contributed by atoms with Crippen molar-refractivity contribution in [2.75, 3.05) is 13.7 Å². The summed E-state index contributed by atoms with van der Waals surface area (Å²) >= 11 is 0. The summed E-state index contributed by atoms with van der Waals surface area (Å²) < 4.78 is 5.68. The van der Waals surface area contributed by atoms with Crippen molar-refractivity contribution >= 4 is 11.8 Å². The molecule has 5 nitrogen and oxygen atoms in total. The van der Waals surface area contributed by atoms with Gasteiger partial charge in [-0.15, -0.1) is 0 Å². The third-order valence-corrected chi connectivity index (χ3v) is 4.00. The fourth-order valence-electron chi connectivity index (χ4n) is 2.60. The van der Waals surface area contributed by atoms with Gasteiger partial charge in [0.15, 0.2) is 6.61 Å². The van der Waals surface area contributed by atoms with Crippen LogP contribution in [0.2, 0.25) is 0 Å². The molecule has 0 aliphatic heterocycles. The Morgan fingerprint density at radius 3 is 2.23 bits per heavy atom. The molecule has 0 unspecified atom stereocenters. The van der Waals surface area contributed by atoms with E-state index >= 15 is 0 Å². The smallest absolute Gasteiger partial charge is 0.261 e. The second-order valence-corrected chi connectivity index (χ2v) is 7.00. The molecule has 0 aliphatic carbocycles. The lowest BCUT2D eigenvalue weighted by atomic mass is 10.0. The zero-order chi connectivity index (χ0) is 19.2. The third-order valence-electron chi connectivity index (χ3n) is 4.00. The molecule has 2 aromatic rings. The van der Waals surface area contributed by atoms with Gasteiger partial charge in [0.25, 0.3) is 11.8 Å². The number of nitrogens with zero attached hydrogens (tertiary/aromatic N) is 1. The molecule has 0 atom stereocenters. The fraction of sp³-hybridized carbons (Fsp3) is 0.333. The Kier molecular flexibility index (Phi) is 6.39. The number of para-hydroxylation sites is 1. The van der Waals surface area contributed by atoms with E-state index in [1.54, 1.807) is 36.2 Å². The number of hydrogen-bond acceptors (Lipinski definition) is 3. The molecule has 2 amide bonds. The van der Waals surface area contributed by atoms with Crippen LogP contribution >= 0.6 is 0 Å². The summed E-state index contributed by atoms with van der Waals surface area (Å²) in [5.74, 6) is 0.0202. The molecule has 0 saturated heterocycles. The van der Waals surface area contributed by atoms with Gasteiger partial charge >= 0.3 is 0 Å². The van der Waals surface area contributed by atoms with Crippen LogP contribution in [0.4, 0.5) is 0 Å². The standard InChI is InChI=1S/C21H26N2O3/c1-21(2,3)23(14-16-10-6-5-7-11-16)19(24)15-26-18-13-9-8-12-17(18)20(25)22-4/h5-13H,14-15H2,1-4H3,(H,22,25). The van der Waals surface area contributed by atoms with Gasteiger partial charge in [0, 0.05) is 19.1 Å². The van der Waals surface area contributed by atoms with Crippen molar-refractivity contribution in [1.82, 2.24) is 10.2 Å². The summed E-state index contributed by atoms with van der Waals surface area (Å²) in [4.78, 5) is 26.5. The van der Waals surface area contributed by atoms with E-state index in [2.05, 4.69) is 5.32 Å². The van der Waals surface area contributed by atoms with Crippen molar-refractivity contribution in [2.45, 2.75) is 32.9 Å².